The van der Waals surface area contributed by atoms with Crippen molar-refractivity contribution in [1.82, 2.24) is 15.5 Å². The molecular formula is C11H19N3O. The number of hydrogen-bond donors (Lipinski definition) is 2. The molecule has 0 aromatic heterocycles. The molecule has 0 atom stereocenters. The smallest absolute Gasteiger partial charge is 0.318 e. The van der Waals surface area contributed by atoms with Crippen molar-refractivity contribution in [3.63, 3.8) is 0 Å². The van der Waals surface area contributed by atoms with E-state index in [-0.39, 0.29) is 11.6 Å². The first-order valence-corrected chi connectivity index (χ1v) is 6.10. The molecule has 1 spiro atoms. The molecule has 0 aromatic rings. The van der Waals surface area contributed by atoms with Crippen LogP contribution in [0.1, 0.15) is 32.1 Å². The number of nitrogens with one attached hydrogen (secondary N) is 2. The zero-order chi connectivity index (χ0) is 10.3. The fraction of sp³-hybridized carbons (Fsp3) is 0.909. The molecule has 3 aliphatic rings. The van der Waals surface area contributed by atoms with Gasteiger partial charge in [-0.05, 0) is 45.2 Å². The van der Waals surface area contributed by atoms with Crippen LogP contribution in [0.25, 0.3) is 0 Å². The van der Waals surface area contributed by atoms with Crippen molar-refractivity contribution in [2.75, 3.05) is 19.6 Å². The lowest BCUT2D eigenvalue weighted by Crippen LogP contribution is -2.58. The Bertz CT molecular complexity index is 269. The minimum atomic E-state index is 0.146. The summed E-state index contributed by atoms with van der Waals surface area (Å²) in [4.78, 5) is 14.1. The predicted octanol–water partition coefficient (Wildman–Crippen LogP) is 0.686. The summed E-state index contributed by atoms with van der Waals surface area (Å²) in [5.74, 6) is 0. The molecule has 3 fully saturated rings. The fourth-order valence-corrected chi connectivity index (χ4v) is 3.13. The standard InChI is InChI=1S/C11H19N3O/c15-10-13-8-11(4-6-12-7-5-11)14(10)9-2-1-3-9/h9,12H,1-8H2,(H,13,15). The van der Waals surface area contributed by atoms with Gasteiger partial charge >= 0.3 is 6.03 Å². The van der Waals surface area contributed by atoms with Crippen molar-refractivity contribution in [3.8, 4) is 0 Å². The minimum Gasteiger partial charge on any atom is -0.336 e. The van der Waals surface area contributed by atoms with Gasteiger partial charge in [-0.1, -0.05) is 0 Å². The number of piperidine rings is 1. The lowest BCUT2D eigenvalue weighted by molar-refractivity contribution is 0.0562. The van der Waals surface area contributed by atoms with Gasteiger partial charge < -0.3 is 15.5 Å². The molecular weight excluding hydrogens is 190 g/mol. The van der Waals surface area contributed by atoms with Crippen molar-refractivity contribution in [2.45, 2.75) is 43.7 Å². The Morgan fingerprint density at radius 1 is 1.27 bits per heavy atom. The molecule has 1 saturated carbocycles. The number of carbonyl (C=O) groups is 1. The molecule has 4 nitrogen and oxygen atoms in total. The van der Waals surface area contributed by atoms with Crippen LogP contribution in [0.15, 0.2) is 0 Å². The number of nitrogens with zero attached hydrogens (tertiary/aromatic N) is 1. The van der Waals surface area contributed by atoms with Crippen LogP contribution in [0.2, 0.25) is 0 Å². The van der Waals surface area contributed by atoms with Gasteiger partial charge in [0.05, 0.1) is 5.54 Å². The third-order valence-electron chi connectivity index (χ3n) is 4.27. The first-order valence-electron chi connectivity index (χ1n) is 6.10. The summed E-state index contributed by atoms with van der Waals surface area (Å²) in [5.41, 5.74) is 0.146. The summed E-state index contributed by atoms with van der Waals surface area (Å²) in [6, 6.07) is 0.715. The fourth-order valence-electron chi connectivity index (χ4n) is 3.13. The molecule has 2 amide bonds. The summed E-state index contributed by atoms with van der Waals surface area (Å²) in [5, 5.41) is 6.42. The molecule has 4 heteroatoms. The molecule has 15 heavy (non-hydrogen) atoms. The molecule has 2 heterocycles. The van der Waals surface area contributed by atoms with Gasteiger partial charge in [0.25, 0.3) is 0 Å². The van der Waals surface area contributed by atoms with E-state index in [1.165, 1.54) is 19.3 Å². The number of carbonyl (C=O) groups excluding carboxylic acids is 1. The van der Waals surface area contributed by atoms with Crippen LogP contribution in [0.4, 0.5) is 4.79 Å². The van der Waals surface area contributed by atoms with Crippen LogP contribution >= 0.6 is 0 Å². The van der Waals surface area contributed by atoms with Gasteiger partial charge in [0.1, 0.15) is 0 Å². The third kappa shape index (κ3) is 1.34. The average molecular weight is 209 g/mol. The second-order valence-corrected chi connectivity index (χ2v) is 5.09. The molecule has 3 rings (SSSR count). The van der Waals surface area contributed by atoms with E-state index in [4.69, 9.17) is 0 Å². The highest BCUT2D eigenvalue weighted by molar-refractivity contribution is 5.78. The maximum Gasteiger partial charge on any atom is 0.318 e. The summed E-state index contributed by atoms with van der Waals surface area (Å²) < 4.78 is 0. The van der Waals surface area contributed by atoms with E-state index in [9.17, 15) is 4.79 Å². The van der Waals surface area contributed by atoms with Crippen molar-refractivity contribution in [3.05, 3.63) is 0 Å². The van der Waals surface area contributed by atoms with Crippen LogP contribution in [-0.2, 0) is 0 Å². The summed E-state index contributed by atoms with van der Waals surface area (Å²) in [7, 11) is 0. The Morgan fingerprint density at radius 3 is 2.60 bits per heavy atom. The van der Waals surface area contributed by atoms with Gasteiger partial charge in [0.2, 0.25) is 0 Å². The second-order valence-electron chi connectivity index (χ2n) is 5.09. The Morgan fingerprint density at radius 2 is 2.00 bits per heavy atom. The van der Waals surface area contributed by atoms with E-state index >= 15 is 0 Å². The van der Waals surface area contributed by atoms with Crippen LogP contribution in [-0.4, -0.2) is 42.1 Å². The lowest BCUT2D eigenvalue weighted by Gasteiger charge is -2.47. The lowest BCUT2D eigenvalue weighted by atomic mass is 9.82. The number of amides is 2. The van der Waals surface area contributed by atoms with Crippen molar-refractivity contribution < 1.29 is 4.79 Å². The maximum atomic E-state index is 11.9. The largest absolute Gasteiger partial charge is 0.336 e. The minimum absolute atomic E-state index is 0.146. The monoisotopic (exact) mass is 209 g/mol. The first kappa shape index (κ1) is 9.46. The molecule has 2 aliphatic heterocycles. The van der Waals surface area contributed by atoms with Crippen molar-refractivity contribution >= 4 is 6.03 Å². The SMILES string of the molecule is O=C1NCC2(CCNCC2)N1C1CCC1. The van der Waals surface area contributed by atoms with Crippen molar-refractivity contribution in [1.29, 1.82) is 0 Å². The van der Waals surface area contributed by atoms with E-state index in [1.807, 2.05) is 0 Å². The van der Waals surface area contributed by atoms with E-state index in [1.54, 1.807) is 0 Å². The highest BCUT2D eigenvalue weighted by Gasteiger charge is 2.49. The van der Waals surface area contributed by atoms with Gasteiger partial charge in [-0.2, -0.15) is 0 Å². The van der Waals surface area contributed by atoms with Crippen LogP contribution in [0, 0.1) is 0 Å². The third-order valence-corrected chi connectivity index (χ3v) is 4.27. The summed E-state index contributed by atoms with van der Waals surface area (Å²) in [6.45, 7) is 2.97. The molecule has 1 aliphatic carbocycles. The first-order chi connectivity index (χ1) is 7.32. The highest BCUT2D eigenvalue weighted by atomic mass is 16.2. The van der Waals surface area contributed by atoms with Gasteiger partial charge in [-0.25, -0.2) is 4.79 Å². The summed E-state index contributed by atoms with van der Waals surface area (Å²) >= 11 is 0. The molecule has 2 saturated heterocycles. The number of rotatable bonds is 1. The van der Waals surface area contributed by atoms with Gasteiger partial charge in [0, 0.05) is 12.6 Å². The van der Waals surface area contributed by atoms with Crippen LogP contribution in [0.3, 0.4) is 0 Å². The average Bonchev–Trinajstić information content (AvgIpc) is 2.47. The second kappa shape index (κ2) is 3.37. The van der Waals surface area contributed by atoms with E-state index < -0.39 is 0 Å². The van der Waals surface area contributed by atoms with Gasteiger partial charge in [-0.15, -0.1) is 0 Å². The normalized spacial score (nSPS) is 30.4. The highest BCUT2D eigenvalue weighted by Crippen LogP contribution is 2.37. The van der Waals surface area contributed by atoms with E-state index in [2.05, 4.69) is 15.5 Å². The molecule has 0 bridgehead atoms. The Kier molecular flexibility index (Phi) is 2.12. The molecule has 0 radical (unpaired) electrons. The molecule has 0 aromatic carbocycles. The topological polar surface area (TPSA) is 44.4 Å². The van der Waals surface area contributed by atoms with E-state index in [0.717, 1.165) is 32.5 Å². The zero-order valence-electron chi connectivity index (χ0n) is 9.09. The quantitative estimate of drug-likeness (QED) is 0.667. The molecule has 2 N–H and O–H groups in total. The molecule has 0 unspecified atom stereocenters. The molecule has 84 valence electrons. The van der Waals surface area contributed by atoms with E-state index in [0.29, 0.717) is 6.04 Å². The predicted molar refractivity (Wildman–Crippen MR) is 57.7 cm³/mol. The van der Waals surface area contributed by atoms with Crippen LogP contribution < -0.4 is 10.6 Å². The van der Waals surface area contributed by atoms with Gasteiger partial charge in [0.15, 0.2) is 0 Å². The Hall–Kier alpha value is -0.770. The van der Waals surface area contributed by atoms with Crippen molar-refractivity contribution in [2.24, 2.45) is 0 Å². The number of urea groups is 1. The van der Waals surface area contributed by atoms with Gasteiger partial charge in [-0.3, -0.25) is 0 Å². The Balaban J connectivity index is 1.82. The summed E-state index contributed by atoms with van der Waals surface area (Å²) in [6.07, 6.45) is 5.94. The van der Waals surface area contributed by atoms with Crippen LogP contribution in [0.5, 0.6) is 0 Å². The number of hydrogen-bond acceptors (Lipinski definition) is 2. The zero-order valence-corrected chi connectivity index (χ0v) is 9.09. The Labute approximate surface area is 90.4 Å². The maximum absolute atomic E-state index is 11.9.